The van der Waals surface area contributed by atoms with Gasteiger partial charge in [0.15, 0.2) is 6.10 Å². The van der Waals surface area contributed by atoms with Gasteiger partial charge in [0.25, 0.3) is 0 Å². The summed E-state index contributed by atoms with van der Waals surface area (Å²) in [5, 5.41) is 0. The molecule has 0 saturated carbocycles. The summed E-state index contributed by atoms with van der Waals surface area (Å²) in [4.78, 5) is 36.0. The minimum absolute atomic E-state index is 0.0341. The molecule has 10 heteroatoms. The first kappa shape index (κ1) is 90.2. The van der Waals surface area contributed by atoms with Gasteiger partial charge < -0.3 is 18.9 Å². The number of rotatable bonds is 77. The van der Waals surface area contributed by atoms with E-state index in [9.17, 15) is 19.0 Å². The minimum atomic E-state index is -4.39. The van der Waals surface area contributed by atoms with Gasteiger partial charge >= 0.3 is 19.8 Å². The van der Waals surface area contributed by atoms with Gasteiger partial charge in [0.2, 0.25) is 0 Å². The largest absolute Gasteiger partial charge is 0.472 e. The van der Waals surface area contributed by atoms with Crippen LogP contribution < -0.4 is 0 Å². The molecule has 0 aromatic rings. The Morgan fingerprint density at radius 2 is 0.587 bits per heavy atom. The van der Waals surface area contributed by atoms with Crippen molar-refractivity contribution in [2.75, 3.05) is 47.5 Å². The number of hydrogen-bond acceptors (Lipinski definition) is 7. The molecule has 2 unspecified atom stereocenters. The molecule has 0 radical (unpaired) electrons. The second-order valence-electron chi connectivity index (χ2n) is 29.2. The molecule has 2 atom stereocenters. The first-order valence-corrected chi connectivity index (χ1v) is 42.2. The molecule has 0 spiro atoms. The van der Waals surface area contributed by atoms with Crippen molar-refractivity contribution >= 4 is 19.8 Å². The first-order chi connectivity index (χ1) is 45.0. The number of likely N-dealkylation sites (N-methyl/N-ethyl adjacent to an activating group) is 1. The van der Waals surface area contributed by atoms with E-state index in [4.69, 9.17) is 18.5 Å². The molecule has 544 valence electrons. The normalized spacial score (nSPS) is 13.2. The third-order valence-corrected chi connectivity index (χ3v) is 19.7. The van der Waals surface area contributed by atoms with E-state index in [2.05, 4.69) is 50.3 Å². The molecular formula is C82H159NO8P+. The summed E-state index contributed by atoms with van der Waals surface area (Å²) < 4.78 is 34.8. The van der Waals surface area contributed by atoms with E-state index in [1.165, 1.54) is 347 Å². The van der Waals surface area contributed by atoms with Crippen molar-refractivity contribution in [1.29, 1.82) is 0 Å². The maximum atomic E-state index is 12.9. The highest BCUT2D eigenvalue weighted by Gasteiger charge is 2.27. The van der Waals surface area contributed by atoms with Gasteiger partial charge in [-0.15, -0.1) is 0 Å². The lowest BCUT2D eigenvalue weighted by Gasteiger charge is -2.24. The second kappa shape index (κ2) is 73.5. The third-order valence-electron chi connectivity index (χ3n) is 18.7. The van der Waals surface area contributed by atoms with Crippen molar-refractivity contribution in [3.05, 3.63) is 36.5 Å². The van der Waals surface area contributed by atoms with Gasteiger partial charge in [0, 0.05) is 12.8 Å². The fraction of sp³-hybridized carbons (Fsp3) is 0.902. The summed E-state index contributed by atoms with van der Waals surface area (Å²) in [7, 11) is 1.50. The Labute approximate surface area is 573 Å². The fourth-order valence-corrected chi connectivity index (χ4v) is 13.2. The van der Waals surface area contributed by atoms with Crippen LogP contribution in [0.3, 0.4) is 0 Å². The van der Waals surface area contributed by atoms with E-state index >= 15 is 0 Å². The van der Waals surface area contributed by atoms with Crippen molar-refractivity contribution in [2.45, 2.75) is 431 Å². The first-order valence-electron chi connectivity index (χ1n) is 40.7. The van der Waals surface area contributed by atoms with Crippen LogP contribution in [0, 0.1) is 0 Å². The van der Waals surface area contributed by atoms with Gasteiger partial charge in [0.1, 0.15) is 19.8 Å². The molecule has 0 fully saturated rings. The van der Waals surface area contributed by atoms with Crippen LogP contribution in [0.4, 0.5) is 0 Å². The lowest BCUT2D eigenvalue weighted by molar-refractivity contribution is -0.870. The van der Waals surface area contributed by atoms with E-state index in [0.717, 1.165) is 44.9 Å². The van der Waals surface area contributed by atoms with E-state index in [1.807, 2.05) is 21.1 Å². The molecule has 0 aliphatic heterocycles. The van der Waals surface area contributed by atoms with E-state index < -0.39 is 26.5 Å². The second-order valence-corrected chi connectivity index (χ2v) is 30.6. The molecular weight excluding hydrogens is 1160 g/mol. The molecule has 0 aliphatic carbocycles. The van der Waals surface area contributed by atoms with Crippen LogP contribution in [0.15, 0.2) is 36.5 Å². The Hall–Kier alpha value is -1.77. The number of nitrogens with zero attached hydrogens (tertiary/aromatic N) is 1. The maximum Gasteiger partial charge on any atom is 0.472 e. The van der Waals surface area contributed by atoms with Crippen LogP contribution in [0.1, 0.15) is 425 Å². The summed E-state index contributed by atoms with van der Waals surface area (Å²) in [6.45, 7) is 4.50. The van der Waals surface area contributed by atoms with E-state index in [1.54, 1.807) is 0 Å². The third kappa shape index (κ3) is 77.2. The number of ether oxygens (including phenoxy) is 2. The van der Waals surface area contributed by atoms with Gasteiger partial charge in [-0.3, -0.25) is 18.6 Å². The highest BCUT2D eigenvalue weighted by atomic mass is 31.2. The van der Waals surface area contributed by atoms with Gasteiger partial charge in [-0.1, -0.05) is 397 Å². The van der Waals surface area contributed by atoms with Crippen molar-refractivity contribution in [2.24, 2.45) is 0 Å². The van der Waals surface area contributed by atoms with Crippen LogP contribution in [0.5, 0.6) is 0 Å². The van der Waals surface area contributed by atoms with Crippen LogP contribution in [-0.4, -0.2) is 74.9 Å². The number of allylic oxidation sites excluding steroid dienone is 6. The fourth-order valence-electron chi connectivity index (χ4n) is 12.4. The SMILES string of the molecule is CCCCCCC/C=C\C/C=C\C/C=C\CCCCCCCCCCCCCCCCC(=O)OC(COC(=O)CCCCCCCCCCCCCCCCCCCCCCCCCCCCCCCCCCCCCCCCC)COP(=O)(O)OCC[N+](C)(C)C. The number of hydrogen-bond donors (Lipinski definition) is 1. The van der Waals surface area contributed by atoms with Gasteiger partial charge in [-0.25, -0.2) is 4.57 Å². The van der Waals surface area contributed by atoms with Crippen molar-refractivity contribution in [3.8, 4) is 0 Å². The smallest absolute Gasteiger partial charge is 0.462 e. The average molecular weight is 1320 g/mol. The minimum Gasteiger partial charge on any atom is -0.462 e. The number of quaternary nitrogens is 1. The summed E-state index contributed by atoms with van der Waals surface area (Å²) in [5.74, 6) is -0.775. The Morgan fingerprint density at radius 1 is 0.337 bits per heavy atom. The molecule has 92 heavy (non-hydrogen) atoms. The molecule has 0 amide bonds. The van der Waals surface area contributed by atoms with Crippen LogP contribution in [0.2, 0.25) is 0 Å². The van der Waals surface area contributed by atoms with E-state index in [0.29, 0.717) is 23.9 Å². The lowest BCUT2D eigenvalue weighted by atomic mass is 10.0. The van der Waals surface area contributed by atoms with Crippen LogP contribution in [0.25, 0.3) is 0 Å². The molecule has 9 nitrogen and oxygen atoms in total. The van der Waals surface area contributed by atoms with Crippen molar-refractivity contribution < 1.29 is 42.1 Å². The zero-order valence-corrected chi connectivity index (χ0v) is 63.2. The zero-order chi connectivity index (χ0) is 66.9. The summed E-state index contributed by atoms with van der Waals surface area (Å²) in [6, 6.07) is 0. The number of carbonyl (C=O) groups is 2. The average Bonchev–Trinajstić information content (AvgIpc) is 2.14. The Bertz CT molecular complexity index is 1640. The standard InChI is InChI=1S/C82H158NO8P/c1-6-8-10-12-14-16-18-20-22-24-26-28-30-32-34-36-37-38-39-40-41-42-43-44-45-47-48-50-52-54-56-58-60-62-64-66-68-70-72-74-81(84)88-78-80(79-90-92(86,87)89-77-76-83(3,4)5)91-82(85)75-73-71-69-67-65-63-61-59-57-55-53-51-49-46-35-33-31-29-27-25-23-21-19-17-15-13-11-9-7-2/h19,21,25,27,31,33,80H,6-18,20,22-24,26,28-30,32,34-79H2,1-5H3/p+1/b21-19-,27-25-,33-31-. The molecule has 0 rings (SSSR count). The van der Waals surface area contributed by atoms with Crippen LogP contribution >= 0.6 is 7.82 Å². The highest BCUT2D eigenvalue weighted by Crippen LogP contribution is 2.43. The molecule has 0 aromatic carbocycles. The number of phosphoric acid groups is 1. The molecule has 0 aliphatic rings. The lowest BCUT2D eigenvalue weighted by Crippen LogP contribution is -2.37. The quantitative estimate of drug-likeness (QED) is 0.0211. The van der Waals surface area contributed by atoms with Crippen molar-refractivity contribution in [1.82, 2.24) is 0 Å². The predicted molar refractivity (Wildman–Crippen MR) is 400 cm³/mol. The van der Waals surface area contributed by atoms with Gasteiger partial charge in [-0.2, -0.15) is 0 Å². The summed E-state index contributed by atoms with van der Waals surface area (Å²) in [6.07, 6.45) is 95.9. The zero-order valence-electron chi connectivity index (χ0n) is 62.3. The number of carbonyl (C=O) groups excluding carboxylic acids is 2. The summed E-state index contributed by atoms with van der Waals surface area (Å²) >= 11 is 0. The van der Waals surface area contributed by atoms with Crippen LogP contribution in [-0.2, 0) is 32.7 Å². The molecule has 1 N–H and O–H groups in total. The Kier molecular flexibility index (Phi) is 72.1. The number of unbranched alkanes of at least 4 members (excludes halogenated alkanes) is 57. The highest BCUT2D eigenvalue weighted by molar-refractivity contribution is 7.47. The number of esters is 2. The molecule has 0 bridgehead atoms. The molecule has 0 saturated heterocycles. The van der Waals surface area contributed by atoms with E-state index in [-0.39, 0.29) is 25.6 Å². The number of phosphoric ester groups is 1. The van der Waals surface area contributed by atoms with Crippen molar-refractivity contribution in [3.63, 3.8) is 0 Å². The monoisotopic (exact) mass is 1320 g/mol. The summed E-state index contributed by atoms with van der Waals surface area (Å²) in [5.41, 5.74) is 0. The van der Waals surface area contributed by atoms with Gasteiger partial charge in [-0.05, 0) is 51.4 Å². The predicted octanol–water partition coefficient (Wildman–Crippen LogP) is 27.0. The Balaban J connectivity index is 3.88. The molecule has 0 heterocycles. The Morgan fingerprint density at radius 3 is 0.870 bits per heavy atom. The molecule has 0 aromatic heterocycles. The topological polar surface area (TPSA) is 108 Å². The maximum absolute atomic E-state index is 12.9. The van der Waals surface area contributed by atoms with Gasteiger partial charge in [0.05, 0.1) is 27.7 Å².